The third-order valence-electron chi connectivity index (χ3n) is 2.57. The molecular weight excluding hydrogens is 232 g/mol. The zero-order valence-electron chi connectivity index (χ0n) is 9.18. The Labute approximate surface area is 105 Å². The van der Waals surface area contributed by atoms with Crippen molar-refractivity contribution in [1.29, 1.82) is 5.26 Å². The molecule has 0 aliphatic carbocycles. The van der Waals surface area contributed by atoms with Crippen molar-refractivity contribution < 1.29 is 0 Å². The maximum absolute atomic E-state index is 9.20. The highest BCUT2D eigenvalue weighted by molar-refractivity contribution is 6.30. The van der Waals surface area contributed by atoms with Crippen LogP contribution in [-0.2, 0) is 6.42 Å². The quantitative estimate of drug-likeness (QED) is 0.825. The van der Waals surface area contributed by atoms with Crippen molar-refractivity contribution in [2.24, 2.45) is 0 Å². The molecule has 1 aromatic carbocycles. The van der Waals surface area contributed by atoms with Gasteiger partial charge in [-0.3, -0.25) is 4.98 Å². The molecule has 3 heteroatoms. The number of nitriles is 1. The van der Waals surface area contributed by atoms with E-state index in [9.17, 15) is 5.26 Å². The van der Waals surface area contributed by atoms with E-state index in [1.54, 1.807) is 18.3 Å². The van der Waals surface area contributed by atoms with E-state index in [2.05, 4.69) is 11.1 Å². The van der Waals surface area contributed by atoms with Crippen molar-refractivity contribution in [2.75, 3.05) is 0 Å². The maximum Gasteiger partial charge on any atom is 0.0768 e. The molecule has 0 amide bonds. The van der Waals surface area contributed by atoms with Crippen LogP contribution in [-0.4, -0.2) is 4.98 Å². The third-order valence-corrected chi connectivity index (χ3v) is 2.82. The first-order valence-corrected chi connectivity index (χ1v) is 5.72. The number of rotatable bonds is 3. The summed E-state index contributed by atoms with van der Waals surface area (Å²) < 4.78 is 0. The zero-order valence-corrected chi connectivity index (χ0v) is 9.93. The molecule has 0 aliphatic rings. The Hall–Kier alpha value is -1.85. The molecule has 0 spiro atoms. The number of pyridine rings is 1. The molecule has 0 saturated carbocycles. The first kappa shape index (κ1) is 11.6. The van der Waals surface area contributed by atoms with Crippen molar-refractivity contribution in [3.05, 3.63) is 64.9 Å². The molecule has 1 aromatic heterocycles. The lowest BCUT2D eigenvalue weighted by Crippen LogP contribution is -2.01. The number of nitrogens with zero attached hydrogens (tertiary/aromatic N) is 2. The fourth-order valence-corrected chi connectivity index (χ4v) is 1.79. The smallest absolute Gasteiger partial charge is 0.0768 e. The fraction of sp³-hybridized carbons (Fsp3) is 0.143. The second-order valence-electron chi connectivity index (χ2n) is 3.76. The van der Waals surface area contributed by atoms with Gasteiger partial charge in [-0.25, -0.2) is 0 Å². The van der Waals surface area contributed by atoms with E-state index >= 15 is 0 Å². The molecule has 1 atom stereocenters. The Kier molecular flexibility index (Phi) is 3.74. The molecule has 0 bridgehead atoms. The second kappa shape index (κ2) is 5.47. The first-order chi connectivity index (χ1) is 8.29. The van der Waals surface area contributed by atoms with E-state index in [-0.39, 0.29) is 5.92 Å². The van der Waals surface area contributed by atoms with E-state index < -0.39 is 0 Å². The van der Waals surface area contributed by atoms with E-state index in [1.807, 2.05) is 30.3 Å². The van der Waals surface area contributed by atoms with E-state index in [1.165, 1.54) is 0 Å². The van der Waals surface area contributed by atoms with Crippen molar-refractivity contribution >= 4 is 11.6 Å². The van der Waals surface area contributed by atoms with Crippen LogP contribution in [0, 0.1) is 11.3 Å². The predicted octanol–water partition coefficient (Wildman–Crippen LogP) is 3.58. The summed E-state index contributed by atoms with van der Waals surface area (Å²) in [6.45, 7) is 0. The van der Waals surface area contributed by atoms with Crippen LogP contribution >= 0.6 is 11.6 Å². The molecule has 0 fully saturated rings. The number of hydrogen-bond acceptors (Lipinski definition) is 2. The topological polar surface area (TPSA) is 36.7 Å². The highest BCUT2D eigenvalue weighted by Crippen LogP contribution is 2.21. The lowest BCUT2D eigenvalue weighted by atomic mass is 9.95. The van der Waals surface area contributed by atoms with Gasteiger partial charge < -0.3 is 0 Å². The average Bonchev–Trinajstić information content (AvgIpc) is 2.38. The van der Waals surface area contributed by atoms with E-state index in [0.29, 0.717) is 11.4 Å². The monoisotopic (exact) mass is 242 g/mol. The summed E-state index contributed by atoms with van der Waals surface area (Å²) in [7, 11) is 0. The van der Waals surface area contributed by atoms with Crippen molar-refractivity contribution in [1.82, 2.24) is 4.98 Å². The number of aromatic nitrogens is 1. The minimum atomic E-state index is -0.179. The van der Waals surface area contributed by atoms with Gasteiger partial charge in [-0.15, -0.1) is 0 Å². The molecule has 2 nitrogen and oxygen atoms in total. The summed E-state index contributed by atoms with van der Waals surface area (Å²) in [6.07, 6.45) is 2.37. The van der Waals surface area contributed by atoms with Crippen LogP contribution in [0.3, 0.4) is 0 Å². The molecule has 0 radical (unpaired) electrons. The van der Waals surface area contributed by atoms with Crippen LogP contribution in [0.1, 0.15) is 17.2 Å². The molecule has 1 heterocycles. The number of benzene rings is 1. The molecule has 84 valence electrons. The third kappa shape index (κ3) is 3.05. The van der Waals surface area contributed by atoms with Gasteiger partial charge >= 0.3 is 0 Å². The summed E-state index contributed by atoms with van der Waals surface area (Å²) in [6, 6.07) is 15.4. The minimum absolute atomic E-state index is 0.179. The van der Waals surface area contributed by atoms with Crippen LogP contribution < -0.4 is 0 Å². The zero-order chi connectivity index (χ0) is 12.1. The maximum atomic E-state index is 9.20. The van der Waals surface area contributed by atoms with Gasteiger partial charge in [-0.1, -0.05) is 29.8 Å². The molecular formula is C14H11ClN2. The van der Waals surface area contributed by atoms with Gasteiger partial charge in [0.25, 0.3) is 0 Å². The molecule has 2 aromatic rings. The fourth-order valence-electron chi connectivity index (χ4n) is 1.66. The summed E-state index contributed by atoms with van der Waals surface area (Å²) in [5.41, 5.74) is 1.90. The van der Waals surface area contributed by atoms with Crippen LogP contribution in [0.25, 0.3) is 0 Å². The normalized spacial score (nSPS) is 11.8. The number of hydrogen-bond donors (Lipinski definition) is 0. The van der Waals surface area contributed by atoms with Crippen LogP contribution in [0.2, 0.25) is 5.02 Å². The van der Waals surface area contributed by atoms with Gasteiger partial charge in [-0.2, -0.15) is 5.26 Å². The Morgan fingerprint density at radius 2 is 1.94 bits per heavy atom. The van der Waals surface area contributed by atoms with Crippen molar-refractivity contribution in [3.8, 4) is 6.07 Å². The molecule has 1 unspecified atom stereocenters. The SMILES string of the molecule is N#CC(Cc1ccccn1)c1ccc(Cl)cc1. The molecule has 2 rings (SSSR count). The van der Waals surface area contributed by atoms with Gasteiger partial charge in [0.1, 0.15) is 0 Å². The van der Waals surface area contributed by atoms with E-state index in [4.69, 9.17) is 11.6 Å². The minimum Gasteiger partial charge on any atom is -0.261 e. The van der Waals surface area contributed by atoms with Gasteiger partial charge in [0.05, 0.1) is 12.0 Å². The molecule has 0 N–H and O–H groups in total. The van der Waals surface area contributed by atoms with Gasteiger partial charge in [0.15, 0.2) is 0 Å². The second-order valence-corrected chi connectivity index (χ2v) is 4.19. The Morgan fingerprint density at radius 1 is 1.18 bits per heavy atom. The van der Waals surface area contributed by atoms with Crippen molar-refractivity contribution in [2.45, 2.75) is 12.3 Å². The van der Waals surface area contributed by atoms with Crippen LogP contribution in [0.5, 0.6) is 0 Å². The summed E-state index contributed by atoms with van der Waals surface area (Å²) in [5, 5.41) is 9.88. The lowest BCUT2D eigenvalue weighted by Gasteiger charge is -2.08. The average molecular weight is 243 g/mol. The largest absolute Gasteiger partial charge is 0.261 e. The molecule has 0 saturated heterocycles. The Bertz CT molecular complexity index is 514. The van der Waals surface area contributed by atoms with Crippen LogP contribution in [0.15, 0.2) is 48.7 Å². The molecule has 0 aliphatic heterocycles. The lowest BCUT2D eigenvalue weighted by molar-refractivity contribution is 0.821. The van der Waals surface area contributed by atoms with Crippen molar-refractivity contribution in [3.63, 3.8) is 0 Å². The Balaban J connectivity index is 2.18. The van der Waals surface area contributed by atoms with Gasteiger partial charge in [0, 0.05) is 23.3 Å². The first-order valence-electron chi connectivity index (χ1n) is 5.34. The summed E-state index contributed by atoms with van der Waals surface area (Å²) >= 11 is 5.82. The van der Waals surface area contributed by atoms with Crippen LogP contribution in [0.4, 0.5) is 0 Å². The standard InChI is InChI=1S/C14H11ClN2/c15-13-6-4-11(5-7-13)12(10-16)9-14-3-1-2-8-17-14/h1-8,12H,9H2. The number of halogens is 1. The summed E-state index contributed by atoms with van der Waals surface area (Å²) in [4.78, 5) is 4.23. The molecule has 17 heavy (non-hydrogen) atoms. The highest BCUT2D eigenvalue weighted by Gasteiger charge is 2.11. The highest BCUT2D eigenvalue weighted by atomic mass is 35.5. The van der Waals surface area contributed by atoms with Gasteiger partial charge in [-0.05, 0) is 29.8 Å². The predicted molar refractivity (Wildman–Crippen MR) is 67.7 cm³/mol. The summed E-state index contributed by atoms with van der Waals surface area (Å²) in [5.74, 6) is -0.179. The van der Waals surface area contributed by atoms with Gasteiger partial charge in [0.2, 0.25) is 0 Å². The Morgan fingerprint density at radius 3 is 2.53 bits per heavy atom. The van der Waals surface area contributed by atoms with E-state index in [0.717, 1.165) is 11.3 Å².